The van der Waals surface area contributed by atoms with Crippen molar-refractivity contribution in [3.05, 3.63) is 59.7 Å². The number of methoxy groups -OCH3 is 2. The summed E-state index contributed by atoms with van der Waals surface area (Å²) in [5.41, 5.74) is 1.68. The summed E-state index contributed by atoms with van der Waals surface area (Å²) in [6.07, 6.45) is 0.312. The summed E-state index contributed by atoms with van der Waals surface area (Å²) in [5.74, 6) is -0.297. The molecule has 0 saturated heterocycles. The van der Waals surface area contributed by atoms with E-state index in [9.17, 15) is 10.2 Å². The Hall–Kier alpha value is -2.04. The number of ether oxygens (including phenoxy) is 2. The van der Waals surface area contributed by atoms with Crippen molar-refractivity contribution in [2.75, 3.05) is 14.2 Å². The summed E-state index contributed by atoms with van der Waals surface area (Å²) in [6, 6.07) is 14.5. The molecule has 0 unspecified atom stereocenters. The van der Waals surface area contributed by atoms with Gasteiger partial charge in [-0.2, -0.15) is 0 Å². The van der Waals surface area contributed by atoms with E-state index in [-0.39, 0.29) is 12.8 Å². The third-order valence-corrected chi connectivity index (χ3v) is 3.29. The summed E-state index contributed by atoms with van der Waals surface area (Å²) in [5, 5.41) is 20.3. The normalized spacial score (nSPS) is 11.2. The van der Waals surface area contributed by atoms with Gasteiger partial charge in [-0.15, -0.1) is 0 Å². The topological polar surface area (TPSA) is 58.9 Å². The van der Waals surface area contributed by atoms with E-state index in [4.69, 9.17) is 9.47 Å². The summed E-state index contributed by atoms with van der Waals surface area (Å²) < 4.78 is 10.2. The maximum atomic E-state index is 10.2. The first-order chi connectivity index (χ1) is 10.0. The van der Waals surface area contributed by atoms with Gasteiger partial charge in [0.25, 0.3) is 0 Å². The highest BCUT2D eigenvalue weighted by Gasteiger charge is 2.24. The van der Waals surface area contributed by atoms with E-state index >= 15 is 0 Å². The maximum absolute atomic E-state index is 10.2. The van der Waals surface area contributed by atoms with Crippen LogP contribution in [0.5, 0.6) is 11.5 Å². The average molecular weight is 288 g/mol. The van der Waals surface area contributed by atoms with Gasteiger partial charge in [0.1, 0.15) is 11.5 Å². The molecule has 0 aromatic heterocycles. The Morgan fingerprint density at radius 3 is 1.33 bits per heavy atom. The Bertz CT molecular complexity index is 507. The Morgan fingerprint density at radius 2 is 1.05 bits per heavy atom. The van der Waals surface area contributed by atoms with Crippen LogP contribution in [0.1, 0.15) is 11.1 Å². The number of hydrogen-bond donors (Lipinski definition) is 2. The smallest absolute Gasteiger partial charge is 0.170 e. The second kappa shape index (κ2) is 6.61. The van der Waals surface area contributed by atoms with Crippen molar-refractivity contribution < 1.29 is 19.7 Å². The van der Waals surface area contributed by atoms with Crippen molar-refractivity contribution in [1.29, 1.82) is 0 Å². The highest BCUT2D eigenvalue weighted by atomic mass is 16.5. The van der Waals surface area contributed by atoms with Crippen LogP contribution in [-0.2, 0) is 12.8 Å². The van der Waals surface area contributed by atoms with Crippen LogP contribution in [0.25, 0.3) is 0 Å². The molecule has 0 amide bonds. The molecule has 0 aliphatic heterocycles. The number of rotatable bonds is 6. The van der Waals surface area contributed by atoms with E-state index < -0.39 is 5.79 Å². The molecule has 0 radical (unpaired) electrons. The zero-order valence-electron chi connectivity index (χ0n) is 12.2. The molecule has 0 atom stereocenters. The molecular weight excluding hydrogens is 268 g/mol. The summed E-state index contributed by atoms with van der Waals surface area (Å²) >= 11 is 0. The van der Waals surface area contributed by atoms with E-state index in [2.05, 4.69) is 0 Å². The first kappa shape index (κ1) is 15.4. The molecule has 2 rings (SSSR count). The number of benzene rings is 2. The average Bonchev–Trinajstić information content (AvgIpc) is 2.48. The van der Waals surface area contributed by atoms with E-state index in [0.717, 1.165) is 22.6 Å². The molecule has 4 nitrogen and oxygen atoms in total. The van der Waals surface area contributed by atoms with Crippen LogP contribution < -0.4 is 9.47 Å². The van der Waals surface area contributed by atoms with Crippen molar-refractivity contribution in [1.82, 2.24) is 0 Å². The van der Waals surface area contributed by atoms with Crippen molar-refractivity contribution in [2.45, 2.75) is 18.6 Å². The van der Waals surface area contributed by atoms with Crippen LogP contribution in [0.3, 0.4) is 0 Å². The van der Waals surface area contributed by atoms with Crippen molar-refractivity contribution >= 4 is 0 Å². The molecule has 0 bridgehead atoms. The predicted octanol–water partition coefficient (Wildman–Crippen LogP) is 2.17. The Morgan fingerprint density at radius 1 is 0.714 bits per heavy atom. The quantitative estimate of drug-likeness (QED) is 0.800. The molecule has 4 heteroatoms. The molecular formula is C17H20O4. The zero-order chi connectivity index (χ0) is 15.3. The third kappa shape index (κ3) is 4.48. The first-order valence-electron chi connectivity index (χ1n) is 6.73. The third-order valence-electron chi connectivity index (χ3n) is 3.29. The van der Waals surface area contributed by atoms with Gasteiger partial charge >= 0.3 is 0 Å². The molecule has 2 aromatic carbocycles. The Balaban J connectivity index is 2.02. The molecule has 2 aromatic rings. The van der Waals surface area contributed by atoms with Gasteiger partial charge in [0, 0.05) is 12.8 Å². The van der Waals surface area contributed by atoms with Crippen LogP contribution >= 0.6 is 0 Å². The Labute approximate surface area is 124 Å². The molecule has 0 fully saturated rings. The minimum Gasteiger partial charge on any atom is -0.497 e. The second-order valence-electron chi connectivity index (χ2n) is 5.03. The summed E-state index contributed by atoms with van der Waals surface area (Å²) in [4.78, 5) is 0. The standard InChI is InChI=1S/C17H20O4/c1-20-15-7-3-13(4-8-15)11-17(18,19)12-14-5-9-16(21-2)10-6-14/h3-10,18-19H,11-12H2,1-2H3. The number of hydrogen-bond acceptors (Lipinski definition) is 4. The van der Waals surface area contributed by atoms with Crippen LogP contribution in [0.2, 0.25) is 0 Å². The van der Waals surface area contributed by atoms with Gasteiger partial charge in [-0.25, -0.2) is 0 Å². The zero-order valence-corrected chi connectivity index (χ0v) is 12.2. The minimum absolute atomic E-state index is 0.156. The monoisotopic (exact) mass is 288 g/mol. The summed E-state index contributed by atoms with van der Waals surface area (Å²) in [6.45, 7) is 0. The van der Waals surface area contributed by atoms with E-state index in [1.165, 1.54) is 0 Å². The van der Waals surface area contributed by atoms with Crippen LogP contribution in [-0.4, -0.2) is 30.2 Å². The van der Waals surface area contributed by atoms with Gasteiger partial charge in [-0.3, -0.25) is 0 Å². The first-order valence-corrected chi connectivity index (χ1v) is 6.73. The van der Waals surface area contributed by atoms with E-state index in [0.29, 0.717) is 0 Å². The molecule has 2 N–H and O–H groups in total. The van der Waals surface area contributed by atoms with Crippen molar-refractivity contribution in [3.63, 3.8) is 0 Å². The largest absolute Gasteiger partial charge is 0.497 e. The van der Waals surface area contributed by atoms with Gasteiger partial charge in [-0.1, -0.05) is 24.3 Å². The molecule has 0 aliphatic carbocycles. The molecule has 0 saturated carbocycles. The van der Waals surface area contributed by atoms with E-state index in [1.807, 2.05) is 24.3 Å². The minimum atomic E-state index is -1.79. The lowest BCUT2D eigenvalue weighted by Gasteiger charge is -2.22. The van der Waals surface area contributed by atoms with Crippen molar-refractivity contribution in [2.24, 2.45) is 0 Å². The molecule has 0 spiro atoms. The van der Waals surface area contributed by atoms with Gasteiger partial charge < -0.3 is 19.7 Å². The van der Waals surface area contributed by atoms with Gasteiger partial charge in [-0.05, 0) is 35.4 Å². The number of aliphatic hydroxyl groups is 2. The Kier molecular flexibility index (Phi) is 4.83. The highest BCUT2D eigenvalue weighted by Crippen LogP contribution is 2.20. The fraction of sp³-hybridized carbons (Fsp3) is 0.294. The van der Waals surface area contributed by atoms with Gasteiger partial charge in [0.05, 0.1) is 14.2 Å². The van der Waals surface area contributed by atoms with Crippen LogP contribution in [0.15, 0.2) is 48.5 Å². The van der Waals surface area contributed by atoms with E-state index in [1.54, 1.807) is 38.5 Å². The fourth-order valence-corrected chi connectivity index (χ4v) is 2.20. The lowest BCUT2D eigenvalue weighted by molar-refractivity contribution is -0.157. The predicted molar refractivity (Wildman–Crippen MR) is 80.6 cm³/mol. The maximum Gasteiger partial charge on any atom is 0.170 e. The summed E-state index contributed by atoms with van der Waals surface area (Å²) in [7, 11) is 3.20. The van der Waals surface area contributed by atoms with Crippen molar-refractivity contribution in [3.8, 4) is 11.5 Å². The van der Waals surface area contributed by atoms with Crippen LogP contribution in [0, 0.1) is 0 Å². The molecule has 0 aliphatic rings. The van der Waals surface area contributed by atoms with Crippen LogP contribution in [0.4, 0.5) is 0 Å². The SMILES string of the molecule is COc1ccc(CC(O)(O)Cc2ccc(OC)cc2)cc1. The lowest BCUT2D eigenvalue weighted by Crippen LogP contribution is -2.33. The van der Waals surface area contributed by atoms with Gasteiger partial charge in [0.2, 0.25) is 0 Å². The highest BCUT2D eigenvalue weighted by molar-refractivity contribution is 5.30. The lowest BCUT2D eigenvalue weighted by atomic mass is 9.98. The molecule has 112 valence electrons. The van der Waals surface area contributed by atoms with Gasteiger partial charge in [0.15, 0.2) is 5.79 Å². The fourth-order valence-electron chi connectivity index (χ4n) is 2.20. The molecule has 0 heterocycles. The molecule has 21 heavy (non-hydrogen) atoms. The second-order valence-corrected chi connectivity index (χ2v) is 5.03.